The molecule has 2 N–H and O–H groups in total. The van der Waals surface area contributed by atoms with Crippen LogP contribution < -0.4 is 24.8 Å². The quantitative estimate of drug-likeness (QED) is 0.158. The third-order valence-corrected chi connectivity index (χ3v) is 8.18. The molecular formula is C39H53N3O8. The van der Waals surface area contributed by atoms with Crippen molar-refractivity contribution in [2.24, 2.45) is 0 Å². The zero-order chi connectivity index (χ0) is 35.8. The van der Waals surface area contributed by atoms with Crippen LogP contribution in [0, 0.1) is 0 Å². The lowest BCUT2D eigenvalue weighted by molar-refractivity contribution is -0.0358. The summed E-state index contributed by atoms with van der Waals surface area (Å²) >= 11 is 0. The average molecular weight is 692 g/mol. The zero-order valence-electron chi connectivity index (χ0n) is 30.1. The highest BCUT2D eigenvalue weighted by molar-refractivity contribution is 5.73. The van der Waals surface area contributed by atoms with Crippen molar-refractivity contribution in [1.82, 2.24) is 15.5 Å². The van der Waals surface area contributed by atoms with Gasteiger partial charge in [0.1, 0.15) is 29.5 Å². The molecule has 0 spiro atoms. The Kier molecular flexibility index (Phi) is 15.1. The van der Waals surface area contributed by atoms with Crippen molar-refractivity contribution < 1.29 is 38.0 Å². The minimum absolute atomic E-state index is 0.0854. The fourth-order valence-corrected chi connectivity index (χ4v) is 5.68. The first-order chi connectivity index (χ1) is 24.1. The third-order valence-electron chi connectivity index (χ3n) is 8.18. The Balaban J connectivity index is 1.27. The van der Waals surface area contributed by atoms with Crippen molar-refractivity contribution in [1.29, 1.82) is 0 Å². The van der Waals surface area contributed by atoms with E-state index < -0.39 is 5.60 Å². The number of piperidine rings is 1. The fourth-order valence-electron chi connectivity index (χ4n) is 5.68. The molecule has 272 valence electrons. The summed E-state index contributed by atoms with van der Waals surface area (Å²) in [6, 6.07) is 23.6. The van der Waals surface area contributed by atoms with Crippen LogP contribution in [0.2, 0.25) is 0 Å². The number of nitrogens with one attached hydrogen (secondary N) is 2. The SMILES string of the molecule is CNC(=O)NCCc1cccc(OCCOC2CN(C(=O)OC(C)(C)C)CCC2c2ccc(OCCCOCc3ccccc3OC)cc2)c1. The molecule has 1 fully saturated rings. The Morgan fingerprint density at radius 1 is 0.900 bits per heavy atom. The smallest absolute Gasteiger partial charge is 0.410 e. The third kappa shape index (κ3) is 12.8. The first kappa shape index (κ1) is 38.3. The number of amides is 3. The second kappa shape index (κ2) is 19.6. The van der Waals surface area contributed by atoms with Crippen molar-refractivity contribution in [3.05, 3.63) is 89.5 Å². The normalized spacial score (nSPS) is 16.0. The summed E-state index contributed by atoms with van der Waals surface area (Å²) in [6.07, 6.45) is 1.61. The van der Waals surface area contributed by atoms with Gasteiger partial charge in [0.05, 0.1) is 46.2 Å². The van der Waals surface area contributed by atoms with E-state index in [1.165, 1.54) is 0 Å². The molecule has 50 heavy (non-hydrogen) atoms. The van der Waals surface area contributed by atoms with Crippen LogP contribution in [-0.2, 0) is 27.2 Å². The number of ether oxygens (including phenoxy) is 6. The van der Waals surface area contributed by atoms with E-state index in [4.69, 9.17) is 28.4 Å². The lowest BCUT2D eigenvalue weighted by atomic mass is 9.87. The summed E-state index contributed by atoms with van der Waals surface area (Å²) in [5.41, 5.74) is 2.63. The van der Waals surface area contributed by atoms with Gasteiger partial charge in [-0.2, -0.15) is 0 Å². The number of carbonyl (C=O) groups excluding carboxylic acids is 2. The number of likely N-dealkylation sites (tertiary alicyclic amines) is 1. The highest BCUT2D eigenvalue weighted by Gasteiger charge is 2.35. The molecule has 1 saturated heterocycles. The van der Waals surface area contributed by atoms with E-state index in [2.05, 4.69) is 22.8 Å². The van der Waals surface area contributed by atoms with Crippen LogP contribution in [-0.4, -0.2) is 88.9 Å². The van der Waals surface area contributed by atoms with Gasteiger partial charge in [0.25, 0.3) is 0 Å². The van der Waals surface area contributed by atoms with Crippen LogP contribution >= 0.6 is 0 Å². The Morgan fingerprint density at radius 2 is 1.68 bits per heavy atom. The van der Waals surface area contributed by atoms with Crippen molar-refractivity contribution in [3.63, 3.8) is 0 Å². The molecule has 2 unspecified atom stereocenters. The zero-order valence-corrected chi connectivity index (χ0v) is 30.1. The molecule has 3 aromatic carbocycles. The molecule has 0 aromatic heterocycles. The molecule has 4 rings (SSSR count). The number of hydrogen-bond acceptors (Lipinski definition) is 8. The molecule has 2 atom stereocenters. The Bertz CT molecular complexity index is 1480. The molecule has 0 aliphatic carbocycles. The van der Waals surface area contributed by atoms with Crippen molar-refractivity contribution >= 4 is 12.1 Å². The van der Waals surface area contributed by atoms with Gasteiger partial charge in [-0.1, -0.05) is 42.5 Å². The standard InChI is InChI=1S/C39H53N3O8/c1-39(2,3)50-38(44)42-21-19-34(36(27-42)49-25-24-48-33-12-8-10-29(26-33)18-20-41-37(43)40-4)30-14-16-32(17-15-30)47-23-9-22-46-28-31-11-6-7-13-35(31)45-5/h6-8,10-17,26,34,36H,9,18-25,27-28H2,1-5H3,(H2,40,41,43). The molecule has 11 nitrogen and oxygen atoms in total. The average Bonchev–Trinajstić information content (AvgIpc) is 3.11. The van der Waals surface area contributed by atoms with E-state index in [1.54, 1.807) is 19.1 Å². The van der Waals surface area contributed by atoms with Crippen LogP contribution in [0.5, 0.6) is 17.2 Å². The Hall–Kier alpha value is -4.48. The molecule has 3 aromatic rings. The van der Waals surface area contributed by atoms with Gasteiger partial charge in [0.15, 0.2) is 0 Å². The van der Waals surface area contributed by atoms with Crippen molar-refractivity contribution in [2.45, 2.75) is 64.3 Å². The second-order valence-electron chi connectivity index (χ2n) is 13.1. The van der Waals surface area contributed by atoms with Gasteiger partial charge in [0, 0.05) is 38.0 Å². The van der Waals surface area contributed by atoms with Crippen molar-refractivity contribution in [2.75, 3.05) is 60.2 Å². The molecule has 1 aliphatic rings. The Labute approximate surface area is 296 Å². The summed E-state index contributed by atoms with van der Waals surface area (Å²) in [7, 11) is 3.25. The first-order valence-corrected chi connectivity index (χ1v) is 17.3. The minimum Gasteiger partial charge on any atom is -0.496 e. The predicted molar refractivity (Wildman–Crippen MR) is 192 cm³/mol. The van der Waals surface area contributed by atoms with Crippen molar-refractivity contribution in [3.8, 4) is 17.2 Å². The molecule has 1 heterocycles. The van der Waals surface area contributed by atoms with Gasteiger partial charge in [0.2, 0.25) is 0 Å². The van der Waals surface area contributed by atoms with Gasteiger partial charge < -0.3 is 44.0 Å². The molecule has 0 radical (unpaired) electrons. The molecule has 0 bridgehead atoms. The van der Waals surface area contributed by atoms with E-state index in [0.717, 1.165) is 46.8 Å². The van der Waals surface area contributed by atoms with Crippen LogP contribution in [0.1, 0.15) is 56.2 Å². The van der Waals surface area contributed by atoms with Gasteiger partial charge >= 0.3 is 12.1 Å². The van der Waals surface area contributed by atoms with Crippen LogP contribution in [0.4, 0.5) is 9.59 Å². The van der Waals surface area contributed by atoms with E-state index in [-0.39, 0.29) is 24.1 Å². The molecule has 1 aliphatic heterocycles. The summed E-state index contributed by atoms with van der Waals surface area (Å²) in [6.45, 7) is 9.45. The Morgan fingerprint density at radius 3 is 2.44 bits per heavy atom. The topological polar surface area (TPSA) is 117 Å². The van der Waals surface area contributed by atoms with E-state index in [0.29, 0.717) is 59.1 Å². The lowest BCUT2D eigenvalue weighted by Gasteiger charge is -2.39. The van der Waals surface area contributed by atoms with Gasteiger partial charge in [-0.15, -0.1) is 0 Å². The maximum Gasteiger partial charge on any atom is 0.410 e. The molecule has 3 amide bonds. The number of carbonyl (C=O) groups is 2. The number of nitrogens with zero attached hydrogens (tertiary/aromatic N) is 1. The van der Waals surface area contributed by atoms with E-state index in [1.807, 2.05) is 81.4 Å². The van der Waals surface area contributed by atoms with E-state index >= 15 is 0 Å². The maximum atomic E-state index is 13.0. The number of methoxy groups -OCH3 is 1. The summed E-state index contributed by atoms with van der Waals surface area (Å²) in [4.78, 5) is 26.1. The first-order valence-electron chi connectivity index (χ1n) is 17.3. The molecular weight excluding hydrogens is 638 g/mol. The monoisotopic (exact) mass is 691 g/mol. The van der Waals surface area contributed by atoms with Gasteiger partial charge in [-0.05, 0) is 75.1 Å². The highest BCUT2D eigenvalue weighted by Crippen LogP contribution is 2.32. The highest BCUT2D eigenvalue weighted by atomic mass is 16.6. The lowest BCUT2D eigenvalue weighted by Crippen LogP contribution is -2.48. The van der Waals surface area contributed by atoms with Gasteiger partial charge in [-0.25, -0.2) is 9.59 Å². The maximum absolute atomic E-state index is 13.0. The summed E-state index contributed by atoms with van der Waals surface area (Å²) in [5, 5.41) is 5.34. The number of para-hydroxylation sites is 1. The number of urea groups is 1. The number of hydrogen-bond donors (Lipinski definition) is 2. The summed E-state index contributed by atoms with van der Waals surface area (Å²) in [5.74, 6) is 2.44. The minimum atomic E-state index is -0.581. The largest absolute Gasteiger partial charge is 0.496 e. The summed E-state index contributed by atoms with van der Waals surface area (Å²) < 4.78 is 35.3. The van der Waals surface area contributed by atoms with Crippen LogP contribution in [0.25, 0.3) is 0 Å². The van der Waals surface area contributed by atoms with Crippen LogP contribution in [0.15, 0.2) is 72.8 Å². The second-order valence-corrected chi connectivity index (χ2v) is 13.1. The number of rotatable bonds is 17. The van der Waals surface area contributed by atoms with Crippen LogP contribution in [0.3, 0.4) is 0 Å². The predicted octanol–water partition coefficient (Wildman–Crippen LogP) is 6.34. The fraction of sp³-hybridized carbons (Fsp3) is 0.487. The van der Waals surface area contributed by atoms with E-state index in [9.17, 15) is 9.59 Å². The molecule has 0 saturated carbocycles. The van der Waals surface area contributed by atoms with Gasteiger partial charge in [-0.3, -0.25) is 0 Å². The number of benzene rings is 3. The molecule has 11 heteroatoms.